The van der Waals surface area contributed by atoms with E-state index in [0.29, 0.717) is 24.1 Å². The zero-order valence-corrected chi connectivity index (χ0v) is 21.3. The third-order valence-corrected chi connectivity index (χ3v) is 7.14. The van der Waals surface area contributed by atoms with Gasteiger partial charge in [-0.2, -0.15) is 0 Å². The highest BCUT2D eigenvalue weighted by atomic mass is 35.5. The summed E-state index contributed by atoms with van der Waals surface area (Å²) in [6.45, 7) is 11.7. The van der Waals surface area contributed by atoms with Crippen molar-refractivity contribution >= 4 is 29.2 Å². The number of aromatic nitrogens is 1. The van der Waals surface area contributed by atoms with Crippen molar-refractivity contribution in [2.45, 2.75) is 71.3 Å². The van der Waals surface area contributed by atoms with Crippen LogP contribution in [0.15, 0.2) is 36.7 Å². The number of nitrogens with one attached hydrogen (secondary N) is 1. The van der Waals surface area contributed by atoms with Crippen molar-refractivity contribution in [1.82, 2.24) is 4.98 Å². The maximum absolute atomic E-state index is 15.6. The number of carbonyl (C=O) groups is 2. The van der Waals surface area contributed by atoms with Crippen molar-refractivity contribution in [3.63, 3.8) is 0 Å². The number of pyridine rings is 1. The number of rotatable bonds is 3. The fraction of sp³-hybridized carbons (Fsp3) is 0.519. The van der Waals surface area contributed by atoms with Gasteiger partial charge >= 0.3 is 5.97 Å². The first-order chi connectivity index (χ1) is 15.8. The molecule has 0 radical (unpaired) electrons. The summed E-state index contributed by atoms with van der Waals surface area (Å²) in [5.41, 5.74) is -0.429. The van der Waals surface area contributed by atoms with Gasteiger partial charge < -0.3 is 10.1 Å². The fourth-order valence-corrected chi connectivity index (χ4v) is 6.09. The number of benzene rings is 1. The van der Waals surface area contributed by atoms with Crippen LogP contribution in [0.4, 0.5) is 10.1 Å². The van der Waals surface area contributed by atoms with E-state index < -0.39 is 34.6 Å². The molecule has 0 bridgehead atoms. The van der Waals surface area contributed by atoms with Gasteiger partial charge in [-0.25, -0.2) is 4.39 Å². The van der Waals surface area contributed by atoms with Gasteiger partial charge in [-0.05, 0) is 62.6 Å². The molecule has 1 spiro atoms. The van der Waals surface area contributed by atoms with Gasteiger partial charge in [0.25, 0.3) is 0 Å². The maximum Gasteiger partial charge on any atom is 0.310 e. The average molecular weight is 487 g/mol. The monoisotopic (exact) mass is 486 g/mol. The zero-order chi connectivity index (χ0) is 25.1. The Morgan fingerprint density at radius 1 is 1.24 bits per heavy atom. The van der Waals surface area contributed by atoms with Crippen LogP contribution in [0.2, 0.25) is 5.02 Å². The zero-order valence-electron chi connectivity index (χ0n) is 20.5. The molecule has 1 aliphatic heterocycles. The summed E-state index contributed by atoms with van der Waals surface area (Å²) < 4.78 is 21.4. The Morgan fingerprint density at radius 2 is 1.94 bits per heavy atom. The second-order valence-corrected chi connectivity index (χ2v) is 12.1. The van der Waals surface area contributed by atoms with Crippen LogP contribution in [0.25, 0.3) is 0 Å². The van der Waals surface area contributed by atoms with Gasteiger partial charge in [0.2, 0.25) is 5.91 Å². The highest BCUT2D eigenvalue weighted by molar-refractivity contribution is 6.30. The van der Waals surface area contributed by atoms with Crippen molar-refractivity contribution in [3.8, 4) is 0 Å². The predicted molar refractivity (Wildman–Crippen MR) is 130 cm³/mol. The molecule has 1 amide bonds. The molecule has 7 heteroatoms. The highest BCUT2D eigenvalue weighted by Crippen LogP contribution is 2.64. The van der Waals surface area contributed by atoms with Gasteiger partial charge in [-0.1, -0.05) is 44.5 Å². The summed E-state index contributed by atoms with van der Waals surface area (Å²) >= 11 is 6.20. The van der Waals surface area contributed by atoms with Crippen molar-refractivity contribution < 1.29 is 18.7 Å². The van der Waals surface area contributed by atoms with Crippen molar-refractivity contribution in [2.24, 2.45) is 17.3 Å². The van der Waals surface area contributed by atoms with Crippen molar-refractivity contribution in [3.05, 3.63) is 58.6 Å². The molecule has 1 aromatic heterocycles. The quantitative estimate of drug-likeness (QED) is 0.520. The lowest BCUT2D eigenvalue weighted by Gasteiger charge is -2.38. The van der Waals surface area contributed by atoms with E-state index in [1.165, 1.54) is 6.07 Å². The van der Waals surface area contributed by atoms with Crippen LogP contribution in [-0.2, 0) is 19.7 Å². The van der Waals surface area contributed by atoms with Crippen LogP contribution in [0, 0.1) is 23.1 Å². The standard InChI is InChI=1S/C27H32ClFN2O3/c1-25(2,3)13-15-12-17(23(32)34-26(4,5)6)21(16-8-7-9-19(28)22(16)29)27(15)18-14-30-11-10-20(18)31-24(27)33/h7-11,14-15,17,21H,12-13H2,1-6H3,(H,31,33)/t15-,17+,21-,27+/m0/s1. The van der Waals surface area contributed by atoms with E-state index in [2.05, 4.69) is 31.1 Å². The van der Waals surface area contributed by atoms with Crippen molar-refractivity contribution in [1.29, 1.82) is 0 Å². The minimum absolute atomic E-state index is 0.0420. The number of nitrogens with zero attached hydrogens (tertiary/aromatic N) is 1. The van der Waals surface area contributed by atoms with Crippen molar-refractivity contribution in [2.75, 3.05) is 5.32 Å². The van der Waals surface area contributed by atoms with Crippen LogP contribution in [0.1, 0.15) is 71.4 Å². The minimum Gasteiger partial charge on any atom is -0.460 e. The highest BCUT2D eigenvalue weighted by Gasteiger charge is 2.66. The van der Waals surface area contributed by atoms with Crippen LogP contribution in [0.3, 0.4) is 0 Å². The molecule has 1 fully saturated rings. The van der Waals surface area contributed by atoms with E-state index in [4.69, 9.17) is 16.3 Å². The SMILES string of the molecule is CC(C)(C)C[C@@H]1C[C@@H](C(=O)OC(C)(C)C)[C@H](c2cccc(Cl)c2F)[C@@]12C(=O)Nc1ccncc12. The number of esters is 1. The van der Waals surface area contributed by atoms with E-state index in [-0.39, 0.29) is 27.8 Å². The van der Waals surface area contributed by atoms with Gasteiger partial charge in [0.15, 0.2) is 0 Å². The summed E-state index contributed by atoms with van der Waals surface area (Å²) in [5, 5.41) is 2.96. The lowest BCUT2D eigenvalue weighted by molar-refractivity contribution is -0.160. The largest absolute Gasteiger partial charge is 0.460 e. The van der Waals surface area contributed by atoms with Crippen LogP contribution in [0.5, 0.6) is 0 Å². The molecule has 2 aliphatic rings. The molecule has 0 unspecified atom stereocenters. The Balaban J connectivity index is 2.00. The average Bonchev–Trinajstić information content (AvgIpc) is 3.18. The van der Waals surface area contributed by atoms with Crippen LogP contribution < -0.4 is 5.32 Å². The third kappa shape index (κ3) is 4.10. The topological polar surface area (TPSA) is 68.3 Å². The maximum atomic E-state index is 15.6. The Kier molecular flexibility index (Phi) is 6.04. The Hall–Kier alpha value is -2.47. The number of fused-ring (bicyclic) bond motifs is 2. The van der Waals surface area contributed by atoms with Crippen LogP contribution >= 0.6 is 11.6 Å². The first-order valence-corrected chi connectivity index (χ1v) is 12.1. The lowest BCUT2D eigenvalue weighted by Crippen LogP contribution is -2.45. The van der Waals surface area contributed by atoms with E-state index in [1.54, 1.807) is 51.4 Å². The van der Waals surface area contributed by atoms with Gasteiger partial charge in [-0.3, -0.25) is 14.6 Å². The fourth-order valence-electron chi connectivity index (χ4n) is 5.91. The molecular weight excluding hydrogens is 455 g/mol. The summed E-state index contributed by atoms with van der Waals surface area (Å²) in [4.78, 5) is 31.8. The Labute approximate surface area is 205 Å². The number of carbonyl (C=O) groups excluding carboxylic acids is 2. The van der Waals surface area contributed by atoms with E-state index in [0.717, 1.165) is 0 Å². The first kappa shape index (κ1) is 24.6. The number of hydrogen-bond acceptors (Lipinski definition) is 4. The summed E-state index contributed by atoms with van der Waals surface area (Å²) in [7, 11) is 0. The molecule has 1 N–H and O–H groups in total. The molecule has 182 valence electrons. The number of halogens is 2. The third-order valence-electron chi connectivity index (χ3n) is 6.85. The van der Waals surface area contributed by atoms with Gasteiger partial charge in [0.1, 0.15) is 11.4 Å². The van der Waals surface area contributed by atoms with E-state index in [1.807, 2.05) is 0 Å². The van der Waals surface area contributed by atoms with E-state index >= 15 is 4.39 Å². The summed E-state index contributed by atoms with van der Waals surface area (Å²) in [6.07, 6.45) is 4.35. The predicted octanol–water partition coefficient (Wildman–Crippen LogP) is 6.26. The first-order valence-electron chi connectivity index (χ1n) is 11.7. The molecular formula is C27H32ClFN2O3. The molecule has 5 nitrogen and oxygen atoms in total. The molecule has 1 aromatic carbocycles. The van der Waals surface area contributed by atoms with E-state index in [9.17, 15) is 9.59 Å². The summed E-state index contributed by atoms with van der Waals surface area (Å²) in [6, 6.07) is 6.52. The van der Waals surface area contributed by atoms with Gasteiger partial charge in [0.05, 0.1) is 16.4 Å². The molecule has 0 saturated heterocycles. The lowest BCUT2D eigenvalue weighted by atomic mass is 9.62. The number of anilines is 1. The molecule has 2 aromatic rings. The number of amides is 1. The summed E-state index contributed by atoms with van der Waals surface area (Å²) in [5.74, 6) is -3.03. The smallest absolute Gasteiger partial charge is 0.310 e. The number of ether oxygens (including phenoxy) is 1. The molecule has 2 heterocycles. The normalized spacial score (nSPS) is 26.5. The molecule has 1 aliphatic carbocycles. The second kappa shape index (κ2) is 8.33. The Bertz CT molecular complexity index is 1140. The molecule has 34 heavy (non-hydrogen) atoms. The molecule has 4 rings (SSSR count). The van der Waals surface area contributed by atoms with Gasteiger partial charge in [-0.15, -0.1) is 0 Å². The minimum atomic E-state index is -1.18. The molecule has 1 saturated carbocycles. The molecule has 4 atom stereocenters. The number of hydrogen-bond donors (Lipinski definition) is 1. The van der Waals surface area contributed by atoms with Gasteiger partial charge in [0, 0.05) is 29.6 Å². The Morgan fingerprint density at radius 3 is 2.59 bits per heavy atom. The second-order valence-electron chi connectivity index (χ2n) is 11.7. The van der Waals surface area contributed by atoms with Crippen LogP contribution in [-0.4, -0.2) is 22.5 Å².